The van der Waals surface area contributed by atoms with Crippen LogP contribution in [0.5, 0.6) is 0 Å². The number of anilines is 1. The van der Waals surface area contributed by atoms with E-state index in [0.29, 0.717) is 16.5 Å². The number of hydrogen-bond acceptors (Lipinski definition) is 5. The second-order valence-electron chi connectivity index (χ2n) is 4.53. The Hall–Kier alpha value is -1.42. The van der Waals surface area contributed by atoms with E-state index in [9.17, 15) is 14.9 Å². The average Bonchev–Trinajstić information content (AvgIpc) is 2.73. The number of nitro groups is 1. The summed E-state index contributed by atoms with van der Waals surface area (Å²) in [5, 5.41) is 19.7. The van der Waals surface area contributed by atoms with Gasteiger partial charge in [0.05, 0.1) is 10.6 Å². The lowest BCUT2D eigenvalue weighted by molar-refractivity contribution is -0.384. The topological polar surface area (TPSA) is 110 Å². The van der Waals surface area contributed by atoms with Crippen molar-refractivity contribution < 1.29 is 14.8 Å². The van der Waals surface area contributed by atoms with Gasteiger partial charge in [0.15, 0.2) is 0 Å². The summed E-state index contributed by atoms with van der Waals surface area (Å²) in [7, 11) is 0. The van der Waals surface area contributed by atoms with Crippen LogP contribution in [0.3, 0.4) is 0 Å². The van der Waals surface area contributed by atoms with Gasteiger partial charge in [0.25, 0.3) is 5.69 Å². The summed E-state index contributed by atoms with van der Waals surface area (Å²) in [6, 6.07) is 4.51. The summed E-state index contributed by atoms with van der Waals surface area (Å²) in [6.07, 6.45) is 0.357. The van der Waals surface area contributed by atoms with Gasteiger partial charge >= 0.3 is 5.97 Å². The Morgan fingerprint density at radius 1 is 1.58 bits per heavy atom. The minimum absolute atomic E-state index is 0.0181. The van der Waals surface area contributed by atoms with Crippen LogP contribution in [-0.2, 0) is 4.79 Å². The number of nitro benzene ring substituents is 1. The summed E-state index contributed by atoms with van der Waals surface area (Å²) in [4.78, 5) is 23.1. The van der Waals surface area contributed by atoms with Crippen molar-refractivity contribution in [2.45, 2.75) is 12.0 Å². The van der Waals surface area contributed by atoms with Crippen molar-refractivity contribution in [1.29, 1.82) is 0 Å². The quantitative estimate of drug-likeness (QED) is 0.465. The molecule has 8 heteroatoms. The number of benzene rings is 1. The Morgan fingerprint density at radius 2 is 2.26 bits per heavy atom. The van der Waals surface area contributed by atoms with E-state index in [2.05, 4.69) is 0 Å². The zero-order valence-corrected chi connectivity index (χ0v) is 12.0. The van der Waals surface area contributed by atoms with Crippen LogP contribution in [0, 0.1) is 13.7 Å². The van der Waals surface area contributed by atoms with Gasteiger partial charge in [0.1, 0.15) is 5.54 Å². The normalized spacial score (nSPS) is 22.5. The molecule has 1 fully saturated rings. The van der Waals surface area contributed by atoms with Crippen molar-refractivity contribution in [3.63, 3.8) is 0 Å². The van der Waals surface area contributed by atoms with Gasteiger partial charge in [-0.25, -0.2) is 0 Å². The van der Waals surface area contributed by atoms with Gasteiger partial charge in [-0.2, -0.15) is 0 Å². The fourth-order valence-electron chi connectivity index (χ4n) is 2.08. The highest BCUT2D eigenvalue weighted by Gasteiger charge is 2.41. The van der Waals surface area contributed by atoms with E-state index < -0.39 is 16.4 Å². The first-order chi connectivity index (χ1) is 8.83. The molecule has 3 N–H and O–H groups in total. The minimum Gasteiger partial charge on any atom is -0.480 e. The smallest absolute Gasteiger partial charge is 0.325 e. The van der Waals surface area contributed by atoms with Crippen LogP contribution in [0.4, 0.5) is 11.4 Å². The van der Waals surface area contributed by atoms with Crippen LogP contribution in [-0.4, -0.2) is 34.6 Å². The maximum absolute atomic E-state index is 11.1. The fourth-order valence-corrected chi connectivity index (χ4v) is 2.92. The predicted octanol–water partition coefficient (Wildman–Crippen LogP) is 1.19. The van der Waals surface area contributed by atoms with E-state index >= 15 is 0 Å². The van der Waals surface area contributed by atoms with Crippen LogP contribution in [0.15, 0.2) is 18.2 Å². The summed E-state index contributed by atoms with van der Waals surface area (Å²) in [5.41, 5.74) is 5.36. The second-order valence-corrected chi connectivity index (χ2v) is 5.69. The SMILES string of the molecule is NC1(C(=O)O)CCN(c2ccc([N+](=O)[O-])cc2I)C1. The van der Waals surface area contributed by atoms with Gasteiger partial charge in [-0.05, 0) is 35.1 Å². The molecule has 0 aliphatic carbocycles. The molecule has 1 aliphatic rings. The highest BCUT2D eigenvalue weighted by atomic mass is 127. The molecule has 0 saturated carbocycles. The number of hydrogen-bond donors (Lipinski definition) is 2. The zero-order chi connectivity index (χ0) is 14.2. The maximum atomic E-state index is 11.1. The molecule has 0 spiro atoms. The average molecular weight is 377 g/mol. The molecular formula is C11H12IN3O4. The van der Waals surface area contributed by atoms with Crippen molar-refractivity contribution in [3.05, 3.63) is 31.9 Å². The number of nitrogens with two attached hydrogens (primary N) is 1. The fraction of sp³-hybridized carbons (Fsp3) is 0.364. The molecule has 0 radical (unpaired) electrons. The lowest BCUT2D eigenvalue weighted by Crippen LogP contribution is -2.50. The molecule has 7 nitrogen and oxygen atoms in total. The summed E-state index contributed by atoms with van der Waals surface area (Å²) in [5.74, 6) is -1.02. The number of carbonyl (C=O) groups is 1. The number of aliphatic carboxylic acids is 1. The van der Waals surface area contributed by atoms with Crippen molar-refractivity contribution in [2.24, 2.45) is 5.73 Å². The Morgan fingerprint density at radius 3 is 2.74 bits per heavy atom. The van der Waals surface area contributed by atoms with E-state index in [1.165, 1.54) is 12.1 Å². The first-order valence-electron chi connectivity index (χ1n) is 5.55. The van der Waals surface area contributed by atoms with Gasteiger partial charge in [0, 0.05) is 28.8 Å². The predicted molar refractivity (Wildman–Crippen MR) is 77.2 cm³/mol. The first kappa shape index (κ1) is 14.0. The summed E-state index contributed by atoms with van der Waals surface area (Å²) >= 11 is 2.00. The van der Waals surface area contributed by atoms with Crippen molar-refractivity contribution in [2.75, 3.05) is 18.0 Å². The third-order valence-electron chi connectivity index (χ3n) is 3.21. The van der Waals surface area contributed by atoms with E-state index in [0.717, 1.165) is 5.69 Å². The summed E-state index contributed by atoms with van der Waals surface area (Å²) < 4.78 is 0.710. The number of rotatable bonds is 3. The van der Waals surface area contributed by atoms with Gasteiger partial charge in [-0.3, -0.25) is 14.9 Å². The second kappa shape index (κ2) is 4.93. The largest absolute Gasteiger partial charge is 0.480 e. The molecule has 102 valence electrons. The number of carboxylic acid groups (broad SMARTS) is 1. The van der Waals surface area contributed by atoms with Gasteiger partial charge in [0.2, 0.25) is 0 Å². The molecule has 1 aromatic carbocycles. The summed E-state index contributed by atoms with van der Waals surface area (Å²) in [6.45, 7) is 0.729. The van der Waals surface area contributed by atoms with Crippen molar-refractivity contribution >= 4 is 39.9 Å². The molecule has 2 rings (SSSR count). The number of non-ortho nitro benzene ring substituents is 1. The third-order valence-corrected chi connectivity index (χ3v) is 4.07. The molecule has 1 atom stereocenters. The molecule has 19 heavy (non-hydrogen) atoms. The Labute approximate surface area is 122 Å². The number of nitrogens with zero attached hydrogens (tertiary/aromatic N) is 2. The molecule has 1 saturated heterocycles. The Balaban J connectivity index is 2.25. The van der Waals surface area contributed by atoms with Crippen LogP contribution in [0.1, 0.15) is 6.42 Å². The lowest BCUT2D eigenvalue weighted by Gasteiger charge is -2.22. The highest BCUT2D eigenvalue weighted by Crippen LogP contribution is 2.31. The minimum atomic E-state index is -1.25. The van der Waals surface area contributed by atoms with E-state index in [1.54, 1.807) is 6.07 Å². The Kier molecular flexibility index (Phi) is 3.63. The molecule has 1 aromatic rings. The molecular weight excluding hydrogens is 365 g/mol. The monoisotopic (exact) mass is 377 g/mol. The molecule has 0 aromatic heterocycles. The van der Waals surface area contributed by atoms with E-state index in [-0.39, 0.29) is 12.2 Å². The Bertz CT molecular complexity index is 551. The molecule has 0 amide bonds. The molecule has 1 heterocycles. The molecule has 1 aliphatic heterocycles. The van der Waals surface area contributed by atoms with Crippen LogP contribution in [0.25, 0.3) is 0 Å². The van der Waals surface area contributed by atoms with E-state index in [1.807, 2.05) is 27.5 Å². The van der Waals surface area contributed by atoms with Gasteiger partial charge in [-0.1, -0.05) is 0 Å². The maximum Gasteiger partial charge on any atom is 0.325 e. The van der Waals surface area contributed by atoms with Crippen LogP contribution < -0.4 is 10.6 Å². The van der Waals surface area contributed by atoms with Crippen molar-refractivity contribution in [1.82, 2.24) is 0 Å². The van der Waals surface area contributed by atoms with Crippen molar-refractivity contribution in [3.8, 4) is 0 Å². The standard InChI is InChI=1S/C11H12IN3O4/c12-8-5-7(15(18)19)1-2-9(8)14-4-3-11(13,6-14)10(16)17/h1-2,5H,3-4,6,13H2,(H,16,17). The molecule has 1 unspecified atom stereocenters. The number of carboxylic acids is 1. The first-order valence-corrected chi connectivity index (χ1v) is 6.62. The lowest BCUT2D eigenvalue weighted by atomic mass is 10.0. The van der Waals surface area contributed by atoms with Crippen LogP contribution in [0.2, 0.25) is 0 Å². The zero-order valence-electron chi connectivity index (χ0n) is 9.88. The van der Waals surface area contributed by atoms with Crippen LogP contribution >= 0.6 is 22.6 Å². The van der Waals surface area contributed by atoms with E-state index in [4.69, 9.17) is 10.8 Å². The van der Waals surface area contributed by atoms with Gasteiger partial charge in [-0.15, -0.1) is 0 Å². The third kappa shape index (κ3) is 2.63. The number of halogens is 1. The highest BCUT2D eigenvalue weighted by molar-refractivity contribution is 14.1. The molecule has 0 bridgehead atoms. The van der Waals surface area contributed by atoms with Gasteiger partial charge < -0.3 is 15.7 Å².